The first-order valence-electron chi connectivity index (χ1n) is 12.6. The normalized spacial score (nSPS) is 25.2. The van der Waals surface area contributed by atoms with Gasteiger partial charge in [0.15, 0.2) is 0 Å². The number of aromatic nitrogens is 2. The smallest absolute Gasteiger partial charge is 0.410 e. The standard InChI is InChI=1S/C23H38BN5O4/c1-18-13-26(17-25-18)14-19-7-6-10-27(15-19)22(30)21-16-28(24(2)32)11-12-29(21)23(31)33-20-8-4-3-5-9-20/h13,17,19-21,32H,3-12,14-16H2,1-2H3/t19-,21-/m1/s1. The molecule has 33 heavy (non-hydrogen) atoms. The minimum absolute atomic E-state index is 0.0348. The van der Waals surface area contributed by atoms with E-state index in [1.54, 1.807) is 11.7 Å². The second kappa shape index (κ2) is 10.9. The van der Waals surface area contributed by atoms with Crippen molar-refractivity contribution in [1.82, 2.24) is 24.2 Å². The highest BCUT2D eigenvalue weighted by Gasteiger charge is 2.41. The molecule has 3 aliphatic rings. The van der Waals surface area contributed by atoms with E-state index >= 15 is 0 Å². The van der Waals surface area contributed by atoms with Gasteiger partial charge < -0.3 is 24.0 Å². The largest absolute Gasteiger partial charge is 0.446 e. The first-order valence-corrected chi connectivity index (χ1v) is 12.6. The molecular weight excluding hydrogens is 421 g/mol. The summed E-state index contributed by atoms with van der Waals surface area (Å²) in [6.07, 6.45) is 10.6. The number of hydrogen-bond acceptors (Lipinski definition) is 6. The van der Waals surface area contributed by atoms with Gasteiger partial charge in [-0.3, -0.25) is 9.69 Å². The molecule has 2 saturated heterocycles. The Hall–Kier alpha value is -2.07. The quantitative estimate of drug-likeness (QED) is 0.678. The maximum atomic E-state index is 13.7. The predicted molar refractivity (Wildman–Crippen MR) is 126 cm³/mol. The summed E-state index contributed by atoms with van der Waals surface area (Å²) in [5.74, 6) is 0.322. The van der Waals surface area contributed by atoms with Crippen molar-refractivity contribution in [2.45, 2.75) is 77.4 Å². The molecule has 1 aromatic heterocycles. The van der Waals surface area contributed by atoms with Gasteiger partial charge >= 0.3 is 13.1 Å². The van der Waals surface area contributed by atoms with Crippen LogP contribution >= 0.6 is 0 Å². The molecule has 10 heteroatoms. The van der Waals surface area contributed by atoms with Gasteiger partial charge in [0.1, 0.15) is 12.1 Å². The summed E-state index contributed by atoms with van der Waals surface area (Å²) in [5.41, 5.74) is 0.992. The zero-order valence-corrected chi connectivity index (χ0v) is 20.1. The lowest BCUT2D eigenvalue weighted by molar-refractivity contribution is -0.140. The van der Waals surface area contributed by atoms with E-state index in [0.29, 0.717) is 38.6 Å². The SMILES string of the molecule is CB(O)N1CCN(C(=O)OC2CCCCC2)[C@@H](C(=O)N2CCC[C@H](Cn3cnc(C)c3)C2)C1. The van der Waals surface area contributed by atoms with Crippen molar-refractivity contribution in [3.63, 3.8) is 0 Å². The van der Waals surface area contributed by atoms with Crippen molar-refractivity contribution >= 4 is 19.1 Å². The fraction of sp³-hybridized carbons (Fsp3) is 0.783. The molecule has 0 spiro atoms. The molecule has 2 amide bonds. The summed E-state index contributed by atoms with van der Waals surface area (Å²) < 4.78 is 7.92. The van der Waals surface area contributed by atoms with Gasteiger partial charge in [0, 0.05) is 45.5 Å². The van der Waals surface area contributed by atoms with E-state index in [0.717, 1.165) is 50.8 Å². The lowest BCUT2D eigenvalue weighted by atomic mass is 9.83. The van der Waals surface area contributed by atoms with E-state index in [2.05, 4.69) is 9.55 Å². The van der Waals surface area contributed by atoms with Crippen LogP contribution in [0.15, 0.2) is 12.5 Å². The minimum Gasteiger partial charge on any atom is -0.446 e. The number of piperidine rings is 1. The van der Waals surface area contributed by atoms with Gasteiger partial charge in [-0.1, -0.05) is 6.42 Å². The van der Waals surface area contributed by atoms with Crippen molar-refractivity contribution < 1.29 is 19.3 Å². The van der Waals surface area contributed by atoms with Crippen molar-refractivity contribution in [1.29, 1.82) is 0 Å². The number of amides is 2. The van der Waals surface area contributed by atoms with E-state index in [9.17, 15) is 14.6 Å². The Morgan fingerprint density at radius 2 is 1.91 bits per heavy atom. The average molecular weight is 459 g/mol. The number of rotatable bonds is 5. The molecule has 1 aromatic rings. The Labute approximate surface area is 197 Å². The number of carbonyl (C=O) groups excluding carboxylic acids is 2. The third kappa shape index (κ3) is 6.09. The molecule has 2 atom stereocenters. The number of hydrogen-bond donors (Lipinski definition) is 1. The van der Waals surface area contributed by atoms with Gasteiger partial charge in [-0.05, 0) is 58.2 Å². The van der Waals surface area contributed by atoms with E-state index in [1.807, 2.05) is 29.2 Å². The monoisotopic (exact) mass is 459 g/mol. The first kappa shape index (κ1) is 24.1. The number of piperazine rings is 1. The molecule has 0 bridgehead atoms. The summed E-state index contributed by atoms with van der Waals surface area (Å²) in [7, 11) is -0.657. The van der Waals surface area contributed by atoms with Crippen molar-refractivity contribution in [3.8, 4) is 0 Å². The van der Waals surface area contributed by atoms with Crippen LogP contribution in [0.3, 0.4) is 0 Å². The van der Waals surface area contributed by atoms with Gasteiger partial charge in [0.25, 0.3) is 0 Å². The fourth-order valence-corrected chi connectivity index (χ4v) is 5.46. The number of aryl methyl sites for hydroxylation is 1. The zero-order valence-electron chi connectivity index (χ0n) is 20.1. The molecule has 0 radical (unpaired) electrons. The first-order chi connectivity index (χ1) is 15.9. The summed E-state index contributed by atoms with van der Waals surface area (Å²) in [6.45, 7) is 7.15. The lowest BCUT2D eigenvalue weighted by Crippen LogP contribution is -2.64. The van der Waals surface area contributed by atoms with Crippen LogP contribution in [0.1, 0.15) is 50.6 Å². The zero-order chi connectivity index (χ0) is 23.4. The Balaban J connectivity index is 1.43. The molecular formula is C23H38BN5O4. The lowest BCUT2D eigenvalue weighted by Gasteiger charge is -2.44. The number of likely N-dealkylation sites (tertiary alicyclic amines) is 1. The van der Waals surface area contributed by atoms with Crippen molar-refractivity contribution in [2.24, 2.45) is 5.92 Å². The summed E-state index contributed by atoms with van der Waals surface area (Å²) >= 11 is 0. The molecule has 0 unspecified atom stereocenters. The van der Waals surface area contributed by atoms with Gasteiger partial charge in [0.2, 0.25) is 5.91 Å². The molecule has 3 fully saturated rings. The highest BCUT2D eigenvalue weighted by atomic mass is 16.6. The van der Waals surface area contributed by atoms with Gasteiger partial charge in [0.05, 0.1) is 12.0 Å². The van der Waals surface area contributed by atoms with E-state index < -0.39 is 13.1 Å². The number of nitrogens with zero attached hydrogens (tertiary/aromatic N) is 5. The van der Waals surface area contributed by atoms with Gasteiger partial charge in [-0.25, -0.2) is 9.78 Å². The maximum Gasteiger partial charge on any atom is 0.410 e. The second-order valence-electron chi connectivity index (χ2n) is 9.98. The molecule has 0 aromatic carbocycles. The second-order valence-corrected chi connectivity index (χ2v) is 9.98. The van der Waals surface area contributed by atoms with E-state index in [4.69, 9.17) is 4.74 Å². The van der Waals surface area contributed by atoms with Crippen molar-refractivity contribution in [2.75, 3.05) is 32.7 Å². The van der Waals surface area contributed by atoms with Gasteiger partial charge in [-0.2, -0.15) is 0 Å². The molecule has 4 rings (SSSR count). The van der Waals surface area contributed by atoms with Crippen LogP contribution in [-0.4, -0.2) is 93.1 Å². The van der Waals surface area contributed by atoms with Crippen LogP contribution in [0.5, 0.6) is 0 Å². The third-order valence-corrected chi connectivity index (χ3v) is 7.34. The highest BCUT2D eigenvalue weighted by molar-refractivity contribution is 6.45. The van der Waals surface area contributed by atoms with E-state index in [-0.39, 0.29) is 18.1 Å². The average Bonchev–Trinajstić information content (AvgIpc) is 3.23. The Morgan fingerprint density at radius 3 is 2.61 bits per heavy atom. The predicted octanol–water partition coefficient (Wildman–Crippen LogP) is 2.00. The molecule has 1 aliphatic carbocycles. The Kier molecular flexibility index (Phi) is 7.96. The van der Waals surface area contributed by atoms with Crippen LogP contribution in [0, 0.1) is 12.8 Å². The van der Waals surface area contributed by atoms with Crippen LogP contribution in [0.2, 0.25) is 6.82 Å². The van der Waals surface area contributed by atoms with Crippen molar-refractivity contribution in [3.05, 3.63) is 18.2 Å². The third-order valence-electron chi connectivity index (χ3n) is 7.34. The minimum atomic E-state index is -0.657. The fourth-order valence-electron chi connectivity index (χ4n) is 5.46. The number of imidazole rings is 1. The van der Waals surface area contributed by atoms with Crippen LogP contribution < -0.4 is 0 Å². The van der Waals surface area contributed by atoms with Crippen LogP contribution in [0.4, 0.5) is 4.79 Å². The topological polar surface area (TPSA) is 91.1 Å². The molecule has 182 valence electrons. The van der Waals surface area contributed by atoms with Crippen LogP contribution in [0.25, 0.3) is 0 Å². The number of carbonyl (C=O) groups is 2. The Bertz CT molecular complexity index is 813. The highest BCUT2D eigenvalue weighted by Crippen LogP contribution is 2.24. The number of ether oxygens (including phenoxy) is 1. The van der Waals surface area contributed by atoms with E-state index in [1.165, 1.54) is 6.42 Å². The summed E-state index contributed by atoms with van der Waals surface area (Å²) in [4.78, 5) is 36.5. The molecule has 2 aliphatic heterocycles. The molecule has 1 N–H and O–H groups in total. The maximum absolute atomic E-state index is 13.7. The summed E-state index contributed by atoms with van der Waals surface area (Å²) in [5, 5.41) is 10.1. The van der Waals surface area contributed by atoms with Gasteiger partial charge in [-0.15, -0.1) is 0 Å². The molecule has 1 saturated carbocycles. The Morgan fingerprint density at radius 1 is 1.12 bits per heavy atom. The molecule has 9 nitrogen and oxygen atoms in total. The van der Waals surface area contributed by atoms with Crippen LogP contribution in [-0.2, 0) is 16.1 Å². The summed E-state index contributed by atoms with van der Waals surface area (Å²) in [6, 6.07) is -0.626. The molecule has 3 heterocycles.